The second-order valence-electron chi connectivity index (χ2n) is 4.51. The lowest BCUT2D eigenvalue weighted by Gasteiger charge is -2.06. The Morgan fingerprint density at radius 2 is 1.94 bits per heavy atom. The van der Waals surface area contributed by atoms with Crippen LogP contribution in [0.4, 0.5) is 0 Å². The van der Waals surface area contributed by atoms with Crippen LogP contribution in [0.2, 0.25) is 0 Å². The Morgan fingerprint density at radius 3 is 2.56 bits per heavy atom. The number of rotatable bonds is 4. The van der Waals surface area contributed by atoms with E-state index in [4.69, 9.17) is 4.42 Å². The van der Waals surface area contributed by atoms with Gasteiger partial charge in [-0.3, -0.25) is 4.79 Å². The minimum absolute atomic E-state index is 0.0229. The van der Waals surface area contributed by atoms with Crippen LogP contribution in [0.3, 0.4) is 0 Å². The molecule has 1 amide bonds. The first kappa shape index (κ1) is 12.4. The predicted octanol–water partition coefficient (Wildman–Crippen LogP) is 2.87. The molecular weight excluding hydrogens is 226 g/mol. The molecule has 3 nitrogen and oxygen atoms in total. The first-order chi connectivity index (χ1) is 8.65. The zero-order valence-electron chi connectivity index (χ0n) is 10.7. The normalized spacial score (nSPS) is 10.3. The predicted molar refractivity (Wildman–Crippen MR) is 70.7 cm³/mol. The molecule has 3 heteroatoms. The van der Waals surface area contributed by atoms with Crippen LogP contribution < -0.4 is 5.32 Å². The monoisotopic (exact) mass is 243 g/mol. The topological polar surface area (TPSA) is 42.2 Å². The van der Waals surface area contributed by atoms with E-state index in [1.54, 1.807) is 12.5 Å². The third-order valence-electron chi connectivity index (χ3n) is 2.76. The molecule has 0 fully saturated rings. The summed E-state index contributed by atoms with van der Waals surface area (Å²) >= 11 is 0. The van der Waals surface area contributed by atoms with E-state index in [0.29, 0.717) is 6.54 Å². The van der Waals surface area contributed by atoms with E-state index in [-0.39, 0.29) is 5.91 Å². The second kappa shape index (κ2) is 5.54. The summed E-state index contributed by atoms with van der Waals surface area (Å²) in [6, 6.07) is 7.77. The highest BCUT2D eigenvalue weighted by Crippen LogP contribution is 2.08. The van der Waals surface area contributed by atoms with Gasteiger partial charge >= 0.3 is 0 Å². The molecule has 0 aliphatic carbocycles. The highest BCUT2D eigenvalue weighted by molar-refractivity contribution is 5.94. The smallest absolute Gasteiger partial charge is 0.251 e. The zero-order chi connectivity index (χ0) is 13.0. The van der Waals surface area contributed by atoms with Crippen LogP contribution in [0.25, 0.3) is 0 Å². The van der Waals surface area contributed by atoms with Crippen molar-refractivity contribution < 1.29 is 9.21 Å². The minimum atomic E-state index is -0.0229. The lowest BCUT2D eigenvalue weighted by molar-refractivity contribution is 0.0954. The van der Waals surface area contributed by atoms with Crippen molar-refractivity contribution in [1.82, 2.24) is 5.32 Å². The van der Waals surface area contributed by atoms with Crippen LogP contribution in [-0.2, 0) is 6.42 Å². The minimum Gasteiger partial charge on any atom is -0.472 e. The van der Waals surface area contributed by atoms with Crippen LogP contribution in [-0.4, -0.2) is 12.5 Å². The van der Waals surface area contributed by atoms with Gasteiger partial charge in [-0.1, -0.05) is 17.2 Å². The molecule has 94 valence electrons. The molecule has 0 spiro atoms. The van der Waals surface area contributed by atoms with Gasteiger partial charge < -0.3 is 9.73 Å². The van der Waals surface area contributed by atoms with E-state index in [0.717, 1.165) is 28.7 Å². The lowest BCUT2D eigenvalue weighted by Crippen LogP contribution is -2.25. The van der Waals surface area contributed by atoms with Gasteiger partial charge in [0.25, 0.3) is 5.91 Å². The number of carbonyl (C=O) groups is 1. The summed E-state index contributed by atoms with van der Waals surface area (Å²) in [6.07, 6.45) is 4.12. The third-order valence-corrected chi connectivity index (χ3v) is 2.76. The second-order valence-corrected chi connectivity index (χ2v) is 4.51. The van der Waals surface area contributed by atoms with Gasteiger partial charge in [-0.25, -0.2) is 0 Å². The molecule has 0 unspecified atom stereocenters. The first-order valence-electron chi connectivity index (χ1n) is 6.03. The van der Waals surface area contributed by atoms with Gasteiger partial charge in [0, 0.05) is 12.1 Å². The summed E-state index contributed by atoms with van der Waals surface area (Å²) in [5, 5.41) is 2.91. The van der Waals surface area contributed by atoms with Gasteiger partial charge in [-0.2, -0.15) is 0 Å². The Kier molecular flexibility index (Phi) is 3.82. The van der Waals surface area contributed by atoms with Crippen molar-refractivity contribution in [2.75, 3.05) is 6.54 Å². The molecule has 0 radical (unpaired) electrons. The molecule has 0 aliphatic rings. The van der Waals surface area contributed by atoms with Gasteiger partial charge in [0.05, 0.1) is 12.5 Å². The number of hydrogen-bond acceptors (Lipinski definition) is 2. The van der Waals surface area contributed by atoms with E-state index < -0.39 is 0 Å². The Hall–Kier alpha value is -2.03. The third kappa shape index (κ3) is 3.23. The molecule has 0 saturated heterocycles. The summed E-state index contributed by atoms with van der Waals surface area (Å²) in [6.45, 7) is 4.61. The van der Waals surface area contributed by atoms with Crippen LogP contribution in [0, 0.1) is 13.8 Å². The van der Waals surface area contributed by atoms with Crippen molar-refractivity contribution in [3.05, 3.63) is 59.0 Å². The van der Waals surface area contributed by atoms with Gasteiger partial charge in [0.1, 0.15) is 0 Å². The van der Waals surface area contributed by atoms with E-state index in [2.05, 4.69) is 11.4 Å². The summed E-state index contributed by atoms with van der Waals surface area (Å²) in [4.78, 5) is 11.9. The van der Waals surface area contributed by atoms with E-state index in [9.17, 15) is 4.79 Å². The highest BCUT2D eigenvalue weighted by atomic mass is 16.3. The molecule has 18 heavy (non-hydrogen) atoms. The maximum atomic E-state index is 11.9. The molecular formula is C15H17NO2. The molecule has 1 aromatic heterocycles. The standard InChI is InChI=1S/C15H17NO2/c1-11-7-12(2)9-14(8-11)15(17)16-5-3-13-4-6-18-10-13/h4,6-10H,3,5H2,1-2H3,(H,16,17). The molecule has 1 N–H and O–H groups in total. The van der Waals surface area contributed by atoms with Crippen LogP contribution in [0.1, 0.15) is 27.0 Å². The van der Waals surface area contributed by atoms with Gasteiger partial charge in [0.2, 0.25) is 0 Å². The summed E-state index contributed by atoms with van der Waals surface area (Å²) in [5.41, 5.74) is 4.03. The Morgan fingerprint density at radius 1 is 1.22 bits per heavy atom. The summed E-state index contributed by atoms with van der Waals surface area (Å²) < 4.78 is 4.98. The van der Waals surface area contributed by atoms with Crippen molar-refractivity contribution in [3.8, 4) is 0 Å². The Balaban J connectivity index is 1.91. The van der Waals surface area contributed by atoms with Gasteiger partial charge in [-0.05, 0) is 44.0 Å². The van der Waals surface area contributed by atoms with Crippen LogP contribution in [0.15, 0.2) is 41.2 Å². The van der Waals surface area contributed by atoms with Crippen LogP contribution >= 0.6 is 0 Å². The average molecular weight is 243 g/mol. The molecule has 2 aromatic rings. The van der Waals surface area contributed by atoms with Crippen molar-refractivity contribution in [1.29, 1.82) is 0 Å². The Bertz CT molecular complexity index is 509. The highest BCUT2D eigenvalue weighted by Gasteiger charge is 2.06. The van der Waals surface area contributed by atoms with Crippen molar-refractivity contribution in [3.63, 3.8) is 0 Å². The Labute approximate surface area is 107 Å². The van der Waals surface area contributed by atoms with Gasteiger partial charge in [-0.15, -0.1) is 0 Å². The maximum Gasteiger partial charge on any atom is 0.251 e. The number of aryl methyl sites for hydroxylation is 2. The molecule has 1 heterocycles. The van der Waals surface area contributed by atoms with E-state index in [1.165, 1.54) is 0 Å². The largest absolute Gasteiger partial charge is 0.472 e. The molecule has 0 aliphatic heterocycles. The quantitative estimate of drug-likeness (QED) is 0.897. The number of nitrogens with one attached hydrogen (secondary N) is 1. The molecule has 0 saturated carbocycles. The number of carbonyl (C=O) groups excluding carboxylic acids is 1. The van der Waals surface area contributed by atoms with E-state index >= 15 is 0 Å². The molecule has 2 rings (SSSR count). The number of hydrogen-bond donors (Lipinski definition) is 1. The molecule has 0 atom stereocenters. The number of amides is 1. The fraction of sp³-hybridized carbons (Fsp3) is 0.267. The SMILES string of the molecule is Cc1cc(C)cc(C(=O)NCCc2ccoc2)c1. The van der Waals surface area contributed by atoms with Crippen LogP contribution in [0.5, 0.6) is 0 Å². The summed E-state index contributed by atoms with van der Waals surface area (Å²) in [5.74, 6) is -0.0229. The zero-order valence-corrected chi connectivity index (χ0v) is 10.7. The van der Waals surface area contributed by atoms with Crippen molar-refractivity contribution in [2.45, 2.75) is 20.3 Å². The van der Waals surface area contributed by atoms with Crippen molar-refractivity contribution >= 4 is 5.91 Å². The lowest BCUT2D eigenvalue weighted by atomic mass is 10.1. The summed E-state index contributed by atoms with van der Waals surface area (Å²) in [7, 11) is 0. The maximum absolute atomic E-state index is 11.9. The average Bonchev–Trinajstić information content (AvgIpc) is 2.80. The number of furan rings is 1. The molecule has 0 bridgehead atoms. The van der Waals surface area contributed by atoms with Gasteiger partial charge in [0.15, 0.2) is 0 Å². The fourth-order valence-electron chi connectivity index (χ4n) is 1.96. The number of benzene rings is 1. The first-order valence-corrected chi connectivity index (χ1v) is 6.03. The molecule has 1 aromatic carbocycles. The van der Waals surface area contributed by atoms with Crippen molar-refractivity contribution in [2.24, 2.45) is 0 Å². The van der Waals surface area contributed by atoms with E-state index in [1.807, 2.05) is 32.0 Å². The fourth-order valence-corrected chi connectivity index (χ4v) is 1.96.